The predicted molar refractivity (Wildman–Crippen MR) is 102 cm³/mol. The molecule has 6 nitrogen and oxygen atoms in total. The van der Waals surface area contributed by atoms with E-state index in [-0.39, 0.29) is 5.54 Å². The van der Waals surface area contributed by atoms with Crippen LogP contribution in [0.1, 0.15) is 54.4 Å². The quantitative estimate of drug-likeness (QED) is 0.447. The van der Waals surface area contributed by atoms with E-state index in [0.29, 0.717) is 43.9 Å². The molecule has 1 rings (SSSR count). The van der Waals surface area contributed by atoms with Crippen LogP contribution in [0.15, 0.2) is 0 Å². The van der Waals surface area contributed by atoms with E-state index in [4.69, 9.17) is 25.5 Å². The maximum Gasteiger partial charge on any atom is 0.500 e. The number of hydrogen-bond donors (Lipinski definition) is 2. The van der Waals surface area contributed by atoms with E-state index in [9.17, 15) is 5.11 Å². The van der Waals surface area contributed by atoms with Crippen LogP contribution >= 0.6 is 12.2 Å². The van der Waals surface area contributed by atoms with E-state index in [1.165, 1.54) is 0 Å². The number of rotatable bonds is 10. The minimum absolute atomic E-state index is 0.211. The van der Waals surface area contributed by atoms with Gasteiger partial charge in [-0.15, -0.1) is 0 Å². The van der Waals surface area contributed by atoms with E-state index in [2.05, 4.69) is 5.32 Å². The van der Waals surface area contributed by atoms with E-state index in [1.807, 2.05) is 46.4 Å². The van der Waals surface area contributed by atoms with E-state index in [1.54, 1.807) is 0 Å². The van der Waals surface area contributed by atoms with Crippen LogP contribution in [0.3, 0.4) is 0 Å². The van der Waals surface area contributed by atoms with Crippen LogP contribution in [0.4, 0.5) is 0 Å². The van der Waals surface area contributed by atoms with Crippen LogP contribution in [0.25, 0.3) is 0 Å². The van der Waals surface area contributed by atoms with Gasteiger partial charge in [-0.1, -0.05) is 0 Å². The molecule has 0 aromatic rings. The number of aliphatic hydroxyl groups is 1. The van der Waals surface area contributed by atoms with Crippen LogP contribution in [0, 0.1) is 0 Å². The molecule has 1 atom stereocenters. The molecule has 1 saturated heterocycles. The largest absolute Gasteiger partial charge is 0.500 e. The standard InChI is InChI=1S/C16H34N2O4SSi/c1-7-20-24(21-8-2,22-9-3)12-10-11-18-14(23)17-15(4,5)13-16(18,6)19/h19H,7-13H2,1-6H3,(H,17,23)/t16-/m0/s1. The second-order valence-corrected chi connectivity index (χ2v) is 10.1. The molecule has 0 saturated carbocycles. The minimum atomic E-state index is -2.65. The average Bonchev–Trinajstić information content (AvgIpc) is 2.41. The lowest BCUT2D eigenvalue weighted by Gasteiger charge is -2.50. The Kier molecular flexibility index (Phi) is 8.09. The van der Waals surface area contributed by atoms with Crippen molar-refractivity contribution in [1.29, 1.82) is 0 Å². The van der Waals surface area contributed by atoms with E-state index < -0.39 is 14.5 Å². The monoisotopic (exact) mass is 378 g/mol. The van der Waals surface area contributed by atoms with Crippen LogP contribution in [0.5, 0.6) is 0 Å². The van der Waals surface area contributed by atoms with Gasteiger partial charge in [-0.25, -0.2) is 0 Å². The number of nitrogens with zero attached hydrogens (tertiary/aromatic N) is 1. The fraction of sp³-hybridized carbons (Fsp3) is 0.938. The zero-order chi connectivity index (χ0) is 18.4. The highest BCUT2D eigenvalue weighted by Crippen LogP contribution is 2.30. The molecular weight excluding hydrogens is 344 g/mol. The molecule has 2 N–H and O–H groups in total. The maximum atomic E-state index is 10.8. The summed E-state index contributed by atoms with van der Waals surface area (Å²) in [6.45, 7) is 14.1. The summed E-state index contributed by atoms with van der Waals surface area (Å²) in [4.78, 5) is 1.86. The van der Waals surface area contributed by atoms with Gasteiger partial charge in [-0.05, 0) is 60.2 Å². The number of thiocarbonyl (C=S) groups is 1. The summed E-state index contributed by atoms with van der Waals surface area (Å²) in [6.07, 6.45) is 1.38. The molecule has 8 heteroatoms. The van der Waals surface area contributed by atoms with Crippen molar-refractivity contribution < 1.29 is 18.4 Å². The van der Waals surface area contributed by atoms with Gasteiger partial charge in [0.2, 0.25) is 0 Å². The molecule has 0 aliphatic carbocycles. The first-order chi connectivity index (χ1) is 11.1. The zero-order valence-electron chi connectivity index (χ0n) is 16.0. The zero-order valence-corrected chi connectivity index (χ0v) is 17.8. The summed E-state index contributed by atoms with van der Waals surface area (Å²) >= 11 is 5.46. The fourth-order valence-corrected chi connectivity index (χ4v) is 6.51. The van der Waals surface area contributed by atoms with Gasteiger partial charge in [0.1, 0.15) is 5.72 Å². The molecule has 0 unspecified atom stereocenters. The van der Waals surface area contributed by atoms with Gasteiger partial charge in [0.25, 0.3) is 0 Å². The molecule has 0 bridgehead atoms. The number of nitrogens with one attached hydrogen (secondary N) is 1. The smallest absolute Gasteiger partial charge is 0.374 e. The highest BCUT2D eigenvalue weighted by atomic mass is 32.1. The summed E-state index contributed by atoms with van der Waals surface area (Å²) in [6, 6.07) is 0.709. The topological polar surface area (TPSA) is 63.2 Å². The van der Waals surface area contributed by atoms with Crippen molar-refractivity contribution in [2.45, 2.75) is 71.7 Å². The normalized spacial score (nSPS) is 24.1. The van der Waals surface area contributed by atoms with Crippen molar-refractivity contribution in [3.05, 3.63) is 0 Å². The highest BCUT2D eigenvalue weighted by Gasteiger charge is 2.44. The van der Waals surface area contributed by atoms with Crippen LogP contribution in [-0.4, -0.2) is 61.6 Å². The van der Waals surface area contributed by atoms with Crippen molar-refractivity contribution in [3.63, 3.8) is 0 Å². The van der Waals surface area contributed by atoms with Gasteiger partial charge in [0.15, 0.2) is 5.11 Å². The summed E-state index contributed by atoms with van der Waals surface area (Å²) in [5, 5.41) is 14.7. The fourth-order valence-electron chi connectivity index (χ4n) is 3.35. The molecular formula is C16H34N2O4SSi. The summed E-state index contributed by atoms with van der Waals surface area (Å²) in [5.41, 5.74) is -1.17. The second-order valence-electron chi connectivity index (χ2n) is 6.95. The molecule has 24 heavy (non-hydrogen) atoms. The Hall–Kier alpha value is -0.253. The predicted octanol–water partition coefficient (Wildman–Crippen LogP) is 2.49. The lowest BCUT2D eigenvalue weighted by atomic mass is 9.90. The van der Waals surface area contributed by atoms with Gasteiger partial charge < -0.3 is 28.6 Å². The molecule has 0 radical (unpaired) electrons. The van der Waals surface area contributed by atoms with Crippen molar-refractivity contribution in [1.82, 2.24) is 10.2 Å². The molecule has 1 heterocycles. The molecule has 1 aliphatic rings. The Morgan fingerprint density at radius 3 is 2.04 bits per heavy atom. The van der Waals surface area contributed by atoms with Crippen molar-refractivity contribution in [2.75, 3.05) is 26.4 Å². The molecule has 1 aliphatic heterocycles. The lowest BCUT2D eigenvalue weighted by molar-refractivity contribution is -0.0884. The Bertz CT molecular complexity index is 404. The molecule has 0 aromatic heterocycles. The Morgan fingerprint density at radius 1 is 1.12 bits per heavy atom. The van der Waals surface area contributed by atoms with Crippen LogP contribution in [0.2, 0.25) is 6.04 Å². The van der Waals surface area contributed by atoms with Crippen LogP contribution < -0.4 is 5.32 Å². The molecule has 0 amide bonds. The summed E-state index contributed by atoms with van der Waals surface area (Å²) in [5.74, 6) is 0. The van der Waals surface area contributed by atoms with Gasteiger partial charge in [-0.3, -0.25) is 0 Å². The van der Waals surface area contributed by atoms with Gasteiger partial charge in [0, 0.05) is 44.4 Å². The van der Waals surface area contributed by atoms with Crippen molar-refractivity contribution >= 4 is 26.1 Å². The van der Waals surface area contributed by atoms with Crippen molar-refractivity contribution in [2.24, 2.45) is 0 Å². The van der Waals surface area contributed by atoms with E-state index >= 15 is 0 Å². The first-order valence-electron chi connectivity index (χ1n) is 8.85. The van der Waals surface area contributed by atoms with Crippen molar-refractivity contribution in [3.8, 4) is 0 Å². The lowest BCUT2D eigenvalue weighted by Crippen LogP contribution is -2.66. The third-order valence-corrected chi connectivity index (χ3v) is 7.48. The van der Waals surface area contributed by atoms with Gasteiger partial charge in [0.05, 0.1) is 0 Å². The van der Waals surface area contributed by atoms with E-state index in [0.717, 1.165) is 6.42 Å². The molecule has 142 valence electrons. The first kappa shape index (κ1) is 21.8. The third-order valence-electron chi connectivity index (χ3n) is 4.01. The third kappa shape index (κ3) is 5.93. The second kappa shape index (κ2) is 8.91. The minimum Gasteiger partial charge on any atom is -0.374 e. The molecule has 0 aromatic carbocycles. The Labute approximate surface area is 153 Å². The Balaban J connectivity index is 2.70. The summed E-state index contributed by atoms with van der Waals surface area (Å²) in [7, 11) is -2.65. The van der Waals surface area contributed by atoms with Gasteiger partial charge in [-0.2, -0.15) is 0 Å². The SMILES string of the molecule is CCO[Si](CCCN1C(=S)NC(C)(C)C[C@]1(C)O)(OCC)OCC. The van der Waals surface area contributed by atoms with Crippen LogP contribution in [-0.2, 0) is 13.3 Å². The molecule has 1 fully saturated rings. The average molecular weight is 379 g/mol. The molecule has 0 spiro atoms. The highest BCUT2D eigenvalue weighted by molar-refractivity contribution is 7.80. The van der Waals surface area contributed by atoms with Gasteiger partial charge >= 0.3 is 8.80 Å². The number of hydrogen-bond acceptors (Lipinski definition) is 5. The first-order valence-corrected chi connectivity index (χ1v) is 11.2. The Morgan fingerprint density at radius 2 is 1.62 bits per heavy atom. The maximum absolute atomic E-state index is 10.8. The summed E-state index contributed by atoms with van der Waals surface area (Å²) < 4.78 is 17.6.